The van der Waals surface area contributed by atoms with Crippen molar-refractivity contribution in [2.75, 3.05) is 26.2 Å². The molecule has 1 aliphatic heterocycles. The summed E-state index contributed by atoms with van der Waals surface area (Å²) in [6, 6.07) is 7.36. The molecule has 2 rings (SSSR count). The van der Waals surface area contributed by atoms with Crippen molar-refractivity contribution in [1.29, 1.82) is 0 Å². The van der Waals surface area contributed by atoms with Crippen molar-refractivity contribution in [3.63, 3.8) is 0 Å². The molecule has 8 heteroatoms. The molecule has 0 bridgehead atoms. The standard InChI is InChI=1S/C20H33N3O3S.ClH/c1-5-21-16(4)14-22-20(24)18-10-12-23(13-11-18)27(25,26)19-8-6-17(7-9-19)15(2)3;/h6-9,15-16,18,21H,5,10-14H2,1-4H3,(H,22,24);1H/t16-;/m1./s1. The van der Waals surface area contributed by atoms with Gasteiger partial charge in [0.2, 0.25) is 15.9 Å². The van der Waals surface area contributed by atoms with Crippen LogP contribution in [0.2, 0.25) is 0 Å². The van der Waals surface area contributed by atoms with Gasteiger partial charge in [0.25, 0.3) is 0 Å². The minimum atomic E-state index is -3.50. The Morgan fingerprint density at radius 3 is 2.21 bits per heavy atom. The second-order valence-corrected chi connectivity index (χ2v) is 9.54. The summed E-state index contributed by atoms with van der Waals surface area (Å²) < 4.78 is 27.2. The van der Waals surface area contributed by atoms with Crippen molar-refractivity contribution in [2.24, 2.45) is 5.92 Å². The summed E-state index contributed by atoms with van der Waals surface area (Å²) in [6.07, 6.45) is 1.12. The average molecular weight is 432 g/mol. The Morgan fingerprint density at radius 1 is 1.14 bits per heavy atom. The fourth-order valence-corrected chi connectivity index (χ4v) is 4.82. The molecule has 28 heavy (non-hydrogen) atoms. The second-order valence-electron chi connectivity index (χ2n) is 7.61. The van der Waals surface area contributed by atoms with Crippen LogP contribution in [0, 0.1) is 5.92 Å². The zero-order valence-electron chi connectivity index (χ0n) is 17.3. The van der Waals surface area contributed by atoms with Crippen LogP contribution < -0.4 is 10.6 Å². The highest BCUT2D eigenvalue weighted by atomic mass is 35.5. The number of carbonyl (C=O) groups excluding carboxylic acids is 1. The lowest BCUT2D eigenvalue weighted by molar-refractivity contribution is -0.126. The van der Waals surface area contributed by atoms with Crippen molar-refractivity contribution < 1.29 is 13.2 Å². The number of hydrogen-bond donors (Lipinski definition) is 2. The zero-order valence-corrected chi connectivity index (χ0v) is 18.9. The highest BCUT2D eigenvalue weighted by molar-refractivity contribution is 7.89. The lowest BCUT2D eigenvalue weighted by Gasteiger charge is -2.30. The number of nitrogens with zero attached hydrogens (tertiary/aromatic N) is 1. The van der Waals surface area contributed by atoms with Crippen LogP contribution in [0.15, 0.2) is 29.2 Å². The van der Waals surface area contributed by atoms with Gasteiger partial charge in [-0.3, -0.25) is 4.79 Å². The molecule has 1 amide bonds. The first-order chi connectivity index (χ1) is 12.8. The predicted molar refractivity (Wildman–Crippen MR) is 115 cm³/mol. The van der Waals surface area contributed by atoms with Gasteiger partial charge in [0.1, 0.15) is 0 Å². The van der Waals surface area contributed by atoms with Crippen molar-refractivity contribution in [3.8, 4) is 0 Å². The van der Waals surface area contributed by atoms with E-state index in [0.717, 1.165) is 12.1 Å². The number of nitrogens with one attached hydrogen (secondary N) is 2. The number of benzene rings is 1. The van der Waals surface area contributed by atoms with E-state index >= 15 is 0 Å². The van der Waals surface area contributed by atoms with Crippen LogP contribution in [0.5, 0.6) is 0 Å². The molecule has 0 aromatic heterocycles. The highest BCUT2D eigenvalue weighted by Crippen LogP contribution is 2.25. The molecule has 1 aliphatic rings. The van der Waals surface area contributed by atoms with E-state index in [0.29, 0.717) is 43.3 Å². The van der Waals surface area contributed by atoms with Gasteiger partial charge in [-0.15, -0.1) is 12.4 Å². The third-order valence-corrected chi connectivity index (χ3v) is 7.06. The molecule has 160 valence electrons. The normalized spacial score (nSPS) is 17.2. The van der Waals surface area contributed by atoms with Gasteiger partial charge in [-0.1, -0.05) is 32.9 Å². The second kappa shape index (κ2) is 11.1. The number of hydrogen-bond acceptors (Lipinski definition) is 4. The van der Waals surface area contributed by atoms with Crippen LogP contribution in [0.4, 0.5) is 0 Å². The van der Waals surface area contributed by atoms with Crippen LogP contribution in [0.1, 0.15) is 52.0 Å². The maximum Gasteiger partial charge on any atom is 0.243 e. The first kappa shape index (κ1) is 24.9. The Kier molecular flexibility index (Phi) is 9.90. The van der Waals surface area contributed by atoms with E-state index in [1.54, 1.807) is 12.1 Å². The predicted octanol–water partition coefficient (Wildman–Crippen LogP) is 2.75. The van der Waals surface area contributed by atoms with Crippen LogP contribution in [-0.4, -0.2) is 50.9 Å². The summed E-state index contributed by atoms with van der Waals surface area (Å²) in [4.78, 5) is 12.7. The van der Waals surface area contributed by atoms with Crippen molar-refractivity contribution in [2.45, 2.75) is 57.4 Å². The average Bonchev–Trinajstić information content (AvgIpc) is 2.66. The number of halogens is 1. The lowest BCUT2D eigenvalue weighted by Crippen LogP contribution is -2.45. The number of likely N-dealkylation sites (N-methyl/N-ethyl adjacent to an activating group) is 1. The number of carbonyl (C=O) groups is 1. The number of amides is 1. The maximum absolute atomic E-state index is 12.8. The van der Waals surface area contributed by atoms with E-state index in [1.165, 1.54) is 4.31 Å². The number of sulfonamides is 1. The molecule has 0 radical (unpaired) electrons. The van der Waals surface area contributed by atoms with Gasteiger partial charge in [-0.2, -0.15) is 4.31 Å². The third-order valence-electron chi connectivity index (χ3n) is 5.14. The van der Waals surface area contributed by atoms with E-state index in [1.807, 2.05) is 26.0 Å². The van der Waals surface area contributed by atoms with Gasteiger partial charge < -0.3 is 10.6 Å². The summed E-state index contributed by atoms with van der Waals surface area (Å²) in [7, 11) is -3.50. The number of piperidine rings is 1. The van der Waals surface area contributed by atoms with E-state index in [2.05, 4.69) is 24.5 Å². The van der Waals surface area contributed by atoms with Crippen molar-refractivity contribution in [3.05, 3.63) is 29.8 Å². The minimum absolute atomic E-state index is 0. The molecule has 1 heterocycles. The Balaban J connectivity index is 0.00000392. The Morgan fingerprint density at radius 2 is 1.71 bits per heavy atom. The van der Waals surface area contributed by atoms with Gasteiger partial charge in [-0.25, -0.2) is 8.42 Å². The molecule has 2 N–H and O–H groups in total. The highest BCUT2D eigenvalue weighted by Gasteiger charge is 2.32. The summed E-state index contributed by atoms with van der Waals surface area (Å²) in [5, 5.41) is 6.23. The molecule has 0 aliphatic carbocycles. The Hall–Kier alpha value is -1.15. The third kappa shape index (κ3) is 6.44. The molecule has 0 saturated carbocycles. The summed E-state index contributed by atoms with van der Waals surface area (Å²) in [6.45, 7) is 10.5. The Labute approximate surface area is 175 Å². The fraction of sp³-hybridized carbons (Fsp3) is 0.650. The largest absolute Gasteiger partial charge is 0.354 e. The Bertz CT molecular complexity index is 715. The summed E-state index contributed by atoms with van der Waals surface area (Å²) in [5.41, 5.74) is 1.12. The van der Waals surface area contributed by atoms with Crippen LogP contribution in [-0.2, 0) is 14.8 Å². The topological polar surface area (TPSA) is 78.5 Å². The molecule has 0 unspecified atom stereocenters. The van der Waals surface area contributed by atoms with Crippen molar-refractivity contribution >= 4 is 28.3 Å². The fourth-order valence-electron chi connectivity index (χ4n) is 3.35. The molecule has 1 aromatic rings. The monoisotopic (exact) mass is 431 g/mol. The molecule has 6 nitrogen and oxygen atoms in total. The van der Waals surface area contributed by atoms with E-state index < -0.39 is 10.0 Å². The lowest BCUT2D eigenvalue weighted by atomic mass is 9.97. The maximum atomic E-state index is 12.8. The quantitative estimate of drug-likeness (QED) is 0.663. The van der Waals surface area contributed by atoms with Crippen LogP contribution in [0.3, 0.4) is 0 Å². The molecular formula is C20H34ClN3O3S. The molecule has 1 atom stereocenters. The van der Waals surface area contributed by atoms with Gasteiger partial charge in [0.15, 0.2) is 0 Å². The van der Waals surface area contributed by atoms with Crippen LogP contribution in [0.25, 0.3) is 0 Å². The minimum Gasteiger partial charge on any atom is -0.354 e. The molecule has 0 spiro atoms. The first-order valence-corrected chi connectivity index (χ1v) is 11.3. The molecule has 1 fully saturated rings. The van der Waals surface area contributed by atoms with Gasteiger partial charge in [0, 0.05) is 31.6 Å². The first-order valence-electron chi connectivity index (χ1n) is 9.87. The smallest absolute Gasteiger partial charge is 0.243 e. The molecule has 1 aromatic carbocycles. The van der Waals surface area contributed by atoms with Gasteiger partial charge in [-0.05, 0) is 49.9 Å². The van der Waals surface area contributed by atoms with E-state index in [9.17, 15) is 13.2 Å². The van der Waals surface area contributed by atoms with Crippen molar-refractivity contribution in [1.82, 2.24) is 14.9 Å². The SMILES string of the molecule is CCN[C@H](C)CNC(=O)C1CCN(S(=O)(=O)c2ccc(C(C)C)cc2)CC1.Cl. The van der Waals surface area contributed by atoms with Gasteiger partial charge >= 0.3 is 0 Å². The summed E-state index contributed by atoms with van der Waals surface area (Å²) in [5.74, 6) is 0.276. The zero-order chi connectivity index (χ0) is 20.0. The van der Waals surface area contributed by atoms with E-state index in [4.69, 9.17) is 0 Å². The number of rotatable bonds is 8. The van der Waals surface area contributed by atoms with Crippen LogP contribution >= 0.6 is 12.4 Å². The molecular weight excluding hydrogens is 398 g/mol. The van der Waals surface area contributed by atoms with E-state index in [-0.39, 0.29) is 30.3 Å². The molecule has 1 saturated heterocycles. The summed E-state index contributed by atoms with van der Waals surface area (Å²) >= 11 is 0. The van der Waals surface area contributed by atoms with Gasteiger partial charge in [0.05, 0.1) is 4.90 Å².